The van der Waals surface area contributed by atoms with Gasteiger partial charge in [0.05, 0.1) is 4.90 Å². The molecular weight excluding hydrogens is 372 g/mol. The second kappa shape index (κ2) is 8.77. The molecule has 1 aliphatic rings. The summed E-state index contributed by atoms with van der Waals surface area (Å²) in [7, 11) is -3.91. The zero-order chi connectivity index (χ0) is 19.3. The van der Waals surface area contributed by atoms with E-state index < -0.39 is 26.6 Å². The Hall–Kier alpha value is -2.03. The third-order valence-corrected chi connectivity index (χ3v) is 6.02. The lowest BCUT2D eigenvalue weighted by molar-refractivity contribution is 0.255. The van der Waals surface area contributed by atoms with E-state index in [-0.39, 0.29) is 6.54 Å². The predicted molar refractivity (Wildman–Crippen MR) is 101 cm³/mol. The zero-order valence-electron chi connectivity index (χ0n) is 14.9. The quantitative estimate of drug-likeness (QED) is 0.732. The molecule has 5 nitrogen and oxygen atoms in total. The van der Waals surface area contributed by atoms with Crippen LogP contribution >= 0.6 is 0 Å². The predicted octanol–water partition coefficient (Wildman–Crippen LogP) is 2.46. The first-order valence-corrected chi connectivity index (χ1v) is 10.4. The molecule has 1 saturated heterocycles. The van der Waals surface area contributed by atoms with Crippen molar-refractivity contribution in [1.29, 1.82) is 0 Å². The molecule has 1 fully saturated rings. The average Bonchev–Trinajstić information content (AvgIpc) is 2.66. The Labute approximate surface area is 158 Å². The Morgan fingerprint density at radius 3 is 2.19 bits per heavy atom. The van der Waals surface area contributed by atoms with Gasteiger partial charge in [0, 0.05) is 44.5 Å². The van der Waals surface area contributed by atoms with Crippen molar-refractivity contribution in [2.75, 3.05) is 44.2 Å². The minimum absolute atomic E-state index is 0.222. The smallest absolute Gasteiger partial charge is 0.240 e. The van der Waals surface area contributed by atoms with Crippen molar-refractivity contribution < 1.29 is 17.2 Å². The van der Waals surface area contributed by atoms with Crippen LogP contribution in [-0.2, 0) is 10.0 Å². The van der Waals surface area contributed by atoms with E-state index in [1.54, 1.807) is 0 Å². The number of benzene rings is 2. The molecule has 0 radical (unpaired) electrons. The lowest BCUT2D eigenvalue weighted by atomic mass is 10.2. The molecule has 0 aromatic heterocycles. The van der Waals surface area contributed by atoms with E-state index >= 15 is 0 Å². The maximum absolute atomic E-state index is 13.2. The SMILES string of the molecule is O=S(=O)(NCCCN1CCN(c2ccccc2)CC1)c1cc(F)cc(F)c1. The summed E-state index contributed by atoms with van der Waals surface area (Å²) in [6.45, 7) is 4.67. The largest absolute Gasteiger partial charge is 0.369 e. The maximum atomic E-state index is 13.2. The number of nitrogens with one attached hydrogen (secondary N) is 1. The number of hydrogen-bond donors (Lipinski definition) is 1. The first kappa shape index (κ1) is 19.7. The number of hydrogen-bond acceptors (Lipinski definition) is 4. The van der Waals surface area contributed by atoms with Crippen LogP contribution < -0.4 is 9.62 Å². The number of nitrogens with zero attached hydrogens (tertiary/aromatic N) is 2. The van der Waals surface area contributed by atoms with Crippen molar-refractivity contribution in [1.82, 2.24) is 9.62 Å². The topological polar surface area (TPSA) is 52.7 Å². The van der Waals surface area contributed by atoms with Crippen molar-refractivity contribution in [2.45, 2.75) is 11.3 Å². The molecule has 1 aliphatic heterocycles. The molecule has 0 saturated carbocycles. The molecule has 1 heterocycles. The Balaban J connectivity index is 1.42. The Kier molecular flexibility index (Phi) is 6.41. The van der Waals surface area contributed by atoms with Gasteiger partial charge in [-0.1, -0.05) is 18.2 Å². The highest BCUT2D eigenvalue weighted by Crippen LogP contribution is 2.16. The first-order valence-electron chi connectivity index (χ1n) is 8.92. The van der Waals surface area contributed by atoms with Gasteiger partial charge < -0.3 is 4.90 Å². The molecule has 0 atom stereocenters. The van der Waals surface area contributed by atoms with E-state index in [1.165, 1.54) is 5.69 Å². The fraction of sp³-hybridized carbons (Fsp3) is 0.368. The highest BCUT2D eigenvalue weighted by atomic mass is 32.2. The van der Waals surface area contributed by atoms with Crippen LogP contribution in [0.25, 0.3) is 0 Å². The maximum Gasteiger partial charge on any atom is 0.240 e. The summed E-state index contributed by atoms with van der Waals surface area (Å²) in [4.78, 5) is 4.23. The van der Waals surface area contributed by atoms with Crippen LogP contribution in [-0.4, -0.2) is 52.6 Å². The second-order valence-electron chi connectivity index (χ2n) is 6.52. The van der Waals surface area contributed by atoms with Gasteiger partial charge in [0.25, 0.3) is 0 Å². The number of piperazine rings is 1. The third-order valence-electron chi connectivity index (χ3n) is 4.58. The normalized spacial score (nSPS) is 15.9. The van der Waals surface area contributed by atoms with Gasteiger partial charge in [-0.05, 0) is 37.2 Å². The molecule has 2 aromatic rings. The summed E-state index contributed by atoms with van der Waals surface area (Å²) in [6, 6.07) is 12.5. The summed E-state index contributed by atoms with van der Waals surface area (Å²) < 4.78 is 53.1. The van der Waals surface area contributed by atoms with Gasteiger partial charge in [0.15, 0.2) is 0 Å². The summed E-state index contributed by atoms with van der Waals surface area (Å²) in [5, 5.41) is 0. The van der Waals surface area contributed by atoms with Crippen LogP contribution in [0.2, 0.25) is 0 Å². The monoisotopic (exact) mass is 395 g/mol. The van der Waals surface area contributed by atoms with Gasteiger partial charge in [-0.15, -0.1) is 0 Å². The molecule has 0 amide bonds. The second-order valence-corrected chi connectivity index (χ2v) is 8.29. The molecule has 0 spiro atoms. The molecule has 146 valence electrons. The summed E-state index contributed by atoms with van der Waals surface area (Å²) in [5.41, 5.74) is 1.22. The fourth-order valence-corrected chi connectivity index (χ4v) is 4.26. The van der Waals surface area contributed by atoms with Crippen molar-refractivity contribution >= 4 is 15.7 Å². The van der Waals surface area contributed by atoms with Crippen molar-refractivity contribution in [2.24, 2.45) is 0 Å². The summed E-state index contributed by atoms with van der Waals surface area (Å²) in [6.07, 6.45) is 0.627. The van der Waals surface area contributed by atoms with Crippen molar-refractivity contribution in [3.05, 3.63) is 60.2 Å². The van der Waals surface area contributed by atoms with Gasteiger partial charge in [0.1, 0.15) is 11.6 Å². The first-order chi connectivity index (χ1) is 12.9. The molecule has 27 heavy (non-hydrogen) atoms. The lowest BCUT2D eigenvalue weighted by Crippen LogP contribution is -2.47. The third kappa shape index (κ3) is 5.47. The summed E-state index contributed by atoms with van der Waals surface area (Å²) >= 11 is 0. The number of para-hydroxylation sites is 1. The van der Waals surface area contributed by atoms with E-state index in [0.29, 0.717) is 12.5 Å². The van der Waals surface area contributed by atoms with Gasteiger partial charge in [0.2, 0.25) is 10.0 Å². The van der Waals surface area contributed by atoms with Crippen LogP contribution in [0.5, 0.6) is 0 Å². The fourth-order valence-electron chi connectivity index (χ4n) is 3.14. The molecular formula is C19H23F2N3O2S. The Bertz CT molecular complexity index is 834. The molecule has 8 heteroatoms. The van der Waals surface area contributed by atoms with Gasteiger partial charge in [-0.3, -0.25) is 4.90 Å². The van der Waals surface area contributed by atoms with Gasteiger partial charge in [-0.2, -0.15) is 0 Å². The molecule has 1 N–H and O–H groups in total. The van der Waals surface area contributed by atoms with Crippen LogP contribution in [0, 0.1) is 11.6 Å². The van der Waals surface area contributed by atoms with E-state index in [1.807, 2.05) is 18.2 Å². The molecule has 0 unspecified atom stereocenters. The van der Waals surface area contributed by atoms with Crippen LogP contribution in [0.15, 0.2) is 53.4 Å². The molecule has 0 aliphatic carbocycles. The van der Waals surface area contributed by atoms with Crippen molar-refractivity contribution in [3.63, 3.8) is 0 Å². The van der Waals surface area contributed by atoms with Gasteiger partial charge >= 0.3 is 0 Å². The van der Waals surface area contributed by atoms with E-state index in [9.17, 15) is 17.2 Å². The molecule has 3 rings (SSSR count). The number of anilines is 1. The van der Waals surface area contributed by atoms with Crippen molar-refractivity contribution in [3.8, 4) is 0 Å². The molecule has 0 bridgehead atoms. The highest BCUT2D eigenvalue weighted by Gasteiger charge is 2.18. The van der Waals surface area contributed by atoms with E-state index in [0.717, 1.165) is 44.9 Å². The average molecular weight is 395 g/mol. The van der Waals surface area contributed by atoms with Crippen LogP contribution in [0.1, 0.15) is 6.42 Å². The minimum Gasteiger partial charge on any atom is -0.369 e. The minimum atomic E-state index is -3.91. The number of halogens is 2. The zero-order valence-corrected chi connectivity index (χ0v) is 15.8. The van der Waals surface area contributed by atoms with Crippen LogP contribution in [0.4, 0.5) is 14.5 Å². The molecule has 2 aromatic carbocycles. The Morgan fingerprint density at radius 2 is 1.56 bits per heavy atom. The lowest BCUT2D eigenvalue weighted by Gasteiger charge is -2.36. The standard InChI is InChI=1S/C19H23F2N3O2S/c20-16-13-17(21)15-19(14-16)27(25,26)22-7-4-8-23-9-11-24(12-10-23)18-5-2-1-3-6-18/h1-3,5-6,13-15,22H,4,7-12H2. The summed E-state index contributed by atoms with van der Waals surface area (Å²) in [5.74, 6) is -1.82. The Morgan fingerprint density at radius 1 is 0.926 bits per heavy atom. The number of rotatable bonds is 7. The number of sulfonamides is 1. The van der Waals surface area contributed by atoms with E-state index in [2.05, 4.69) is 26.7 Å². The van der Waals surface area contributed by atoms with Crippen LogP contribution in [0.3, 0.4) is 0 Å². The highest BCUT2D eigenvalue weighted by molar-refractivity contribution is 7.89. The van der Waals surface area contributed by atoms with Gasteiger partial charge in [-0.25, -0.2) is 21.9 Å². The van der Waals surface area contributed by atoms with E-state index in [4.69, 9.17) is 0 Å².